The van der Waals surface area contributed by atoms with Gasteiger partial charge in [-0.25, -0.2) is 0 Å². The van der Waals surface area contributed by atoms with Gasteiger partial charge in [-0.3, -0.25) is 9.59 Å². The van der Waals surface area contributed by atoms with Crippen molar-refractivity contribution in [3.05, 3.63) is 48.0 Å². The molecule has 0 fully saturated rings. The van der Waals surface area contributed by atoms with Gasteiger partial charge in [0.2, 0.25) is 5.91 Å². The van der Waals surface area contributed by atoms with Gasteiger partial charge < -0.3 is 20.1 Å². The van der Waals surface area contributed by atoms with Crippen LogP contribution in [0.2, 0.25) is 0 Å². The number of rotatable bonds is 6. The maximum absolute atomic E-state index is 12.0. The molecule has 0 aromatic heterocycles. The molecule has 24 heavy (non-hydrogen) atoms. The first kappa shape index (κ1) is 17.3. The largest absolute Gasteiger partial charge is 0.493 e. The second-order valence-electron chi connectivity index (χ2n) is 5.25. The molecule has 2 rings (SSSR count). The molecule has 0 aliphatic carbocycles. The monoisotopic (exact) mass is 328 g/mol. The van der Waals surface area contributed by atoms with E-state index in [1.807, 2.05) is 19.1 Å². The fraction of sp³-hybridized carbons (Fsp3) is 0.222. The molecule has 2 amide bonds. The Kier molecular flexibility index (Phi) is 5.78. The highest BCUT2D eigenvalue weighted by atomic mass is 16.5. The van der Waals surface area contributed by atoms with E-state index in [1.165, 1.54) is 6.92 Å². The lowest BCUT2D eigenvalue weighted by Crippen LogP contribution is -2.20. The minimum absolute atomic E-state index is 0.132. The number of hydrogen-bond acceptors (Lipinski definition) is 4. The highest BCUT2D eigenvalue weighted by Crippen LogP contribution is 2.27. The zero-order valence-corrected chi connectivity index (χ0v) is 13.9. The van der Waals surface area contributed by atoms with Crippen LogP contribution >= 0.6 is 0 Å². The zero-order valence-electron chi connectivity index (χ0n) is 13.9. The number of carbonyl (C=O) groups is 2. The van der Waals surface area contributed by atoms with Crippen LogP contribution in [0.5, 0.6) is 11.5 Å². The molecule has 0 atom stereocenters. The molecule has 6 nitrogen and oxygen atoms in total. The number of methoxy groups -OCH3 is 1. The summed E-state index contributed by atoms with van der Waals surface area (Å²) >= 11 is 0. The van der Waals surface area contributed by atoms with Gasteiger partial charge in [-0.05, 0) is 48.9 Å². The minimum atomic E-state index is -0.287. The van der Waals surface area contributed by atoms with Crippen molar-refractivity contribution < 1.29 is 19.1 Å². The smallest absolute Gasteiger partial charge is 0.262 e. The lowest BCUT2D eigenvalue weighted by Gasteiger charge is -2.11. The molecule has 2 aromatic carbocycles. The molecular weight excluding hydrogens is 308 g/mol. The van der Waals surface area contributed by atoms with Crippen molar-refractivity contribution in [1.29, 1.82) is 0 Å². The average Bonchev–Trinajstić information content (AvgIpc) is 2.55. The fourth-order valence-electron chi connectivity index (χ4n) is 2.07. The van der Waals surface area contributed by atoms with Gasteiger partial charge >= 0.3 is 0 Å². The first-order valence-electron chi connectivity index (χ1n) is 7.43. The van der Waals surface area contributed by atoms with E-state index in [2.05, 4.69) is 10.6 Å². The molecule has 0 radical (unpaired) electrons. The Hall–Kier alpha value is -3.02. The predicted molar refractivity (Wildman–Crippen MR) is 92.6 cm³/mol. The van der Waals surface area contributed by atoms with Gasteiger partial charge in [0.25, 0.3) is 5.91 Å². The zero-order chi connectivity index (χ0) is 17.5. The molecule has 6 heteroatoms. The van der Waals surface area contributed by atoms with Crippen LogP contribution in [0.3, 0.4) is 0 Å². The highest BCUT2D eigenvalue weighted by molar-refractivity contribution is 5.93. The van der Waals surface area contributed by atoms with Crippen LogP contribution in [0.1, 0.15) is 12.5 Å². The summed E-state index contributed by atoms with van der Waals surface area (Å²) in [6.07, 6.45) is 0. The van der Waals surface area contributed by atoms with Crippen molar-refractivity contribution in [3.8, 4) is 11.5 Å². The lowest BCUT2D eigenvalue weighted by molar-refractivity contribution is -0.118. The summed E-state index contributed by atoms with van der Waals surface area (Å²) in [7, 11) is 1.55. The summed E-state index contributed by atoms with van der Waals surface area (Å²) in [5.41, 5.74) is 2.33. The van der Waals surface area contributed by atoms with Crippen LogP contribution < -0.4 is 20.1 Å². The summed E-state index contributed by atoms with van der Waals surface area (Å²) in [5, 5.41) is 5.38. The standard InChI is InChI=1S/C18H20N2O4/c1-12-4-9-16(17(10-12)23-3)24-11-18(22)20-15-7-5-14(6-8-15)19-13(2)21/h4-10H,11H2,1-3H3,(H,19,21)(H,20,22). The van der Waals surface area contributed by atoms with Gasteiger partial charge in [0.15, 0.2) is 18.1 Å². The van der Waals surface area contributed by atoms with Crippen molar-refractivity contribution >= 4 is 23.2 Å². The summed E-state index contributed by atoms with van der Waals surface area (Å²) in [4.78, 5) is 22.9. The average molecular weight is 328 g/mol. The molecule has 2 N–H and O–H groups in total. The topological polar surface area (TPSA) is 76.7 Å². The third kappa shape index (κ3) is 5.01. The Labute approximate surface area is 140 Å². The maximum atomic E-state index is 12.0. The lowest BCUT2D eigenvalue weighted by atomic mass is 10.2. The number of ether oxygens (including phenoxy) is 2. The molecular formula is C18H20N2O4. The van der Waals surface area contributed by atoms with E-state index in [4.69, 9.17) is 9.47 Å². The Balaban J connectivity index is 1.90. The molecule has 0 heterocycles. The predicted octanol–water partition coefficient (Wildman–Crippen LogP) is 2.98. The van der Waals surface area contributed by atoms with E-state index in [-0.39, 0.29) is 18.4 Å². The number of carbonyl (C=O) groups excluding carboxylic acids is 2. The molecule has 0 saturated heterocycles. The van der Waals surface area contributed by atoms with Crippen LogP contribution in [-0.2, 0) is 9.59 Å². The molecule has 0 aliphatic heterocycles. The van der Waals surface area contributed by atoms with Gasteiger partial charge in [0.05, 0.1) is 7.11 Å². The van der Waals surface area contributed by atoms with Gasteiger partial charge in [-0.15, -0.1) is 0 Å². The summed E-state index contributed by atoms with van der Waals surface area (Å²) < 4.78 is 10.7. The Morgan fingerprint density at radius 2 is 1.58 bits per heavy atom. The van der Waals surface area contributed by atoms with Gasteiger partial charge in [0.1, 0.15) is 0 Å². The fourth-order valence-corrected chi connectivity index (χ4v) is 2.07. The van der Waals surface area contributed by atoms with Crippen molar-refractivity contribution in [2.24, 2.45) is 0 Å². The third-order valence-electron chi connectivity index (χ3n) is 3.17. The summed E-state index contributed by atoms with van der Waals surface area (Å²) in [6.45, 7) is 3.25. The van der Waals surface area contributed by atoms with Crippen LogP contribution in [0.15, 0.2) is 42.5 Å². The summed E-state index contributed by atoms with van der Waals surface area (Å²) in [5.74, 6) is 0.666. The number of aryl methyl sites for hydroxylation is 1. The Bertz CT molecular complexity index is 726. The number of anilines is 2. The first-order valence-corrected chi connectivity index (χ1v) is 7.43. The second kappa shape index (κ2) is 8.01. The summed E-state index contributed by atoms with van der Waals surface area (Å²) in [6, 6.07) is 12.3. The van der Waals surface area contributed by atoms with Gasteiger partial charge in [0, 0.05) is 18.3 Å². The van der Waals surface area contributed by atoms with Gasteiger partial charge in [-0.1, -0.05) is 6.07 Å². The third-order valence-corrected chi connectivity index (χ3v) is 3.17. The molecule has 0 bridgehead atoms. The quantitative estimate of drug-likeness (QED) is 0.855. The number of benzene rings is 2. The number of hydrogen-bond donors (Lipinski definition) is 2. The molecule has 2 aromatic rings. The van der Waals surface area contributed by atoms with E-state index in [1.54, 1.807) is 37.4 Å². The Morgan fingerprint density at radius 1 is 0.958 bits per heavy atom. The highest BCUT2D eigenvalue weighted by Gasteiger charge is 2.08. The van der Waals surface area contributed by atoms with Gasteiger partial charge in [-0.2, -0.15) is 0 Å². The van der Waals surface area contributed by atoms with Crippen molar-refractivity contribution in [2.45, 2.75) is 13.8 Å². The molecule has 0 aliphatic rings. The molecule has 0 saturated carbocycles. The maximum Gasteiger partial charge on any atom is 0.262 e. The Morgan fingerprint density at radius 3 is 2.17 bits per heavy atom. The van der Waals surface area contributed by atoms with E-state index >= 15 is 0 Å². The van der Waals surface area contributed by atoms with Crippen molar-refractivity contribution in [3.63, 3.8) is 0 Å². The molecule has 0 spiro atoms. The van der Waals surface area contributed by atoms with Crippen LogP contribution in [-0.4, -0.2) is 25.5 Å². The number of nitrogens with one attached hydrogen (secondary N) is 2. The van der Waals surface area contributed by atoms with Crippen molar-refractivity contribution in [2.75, 3.05) is 24.4 Å². The number of amides is 2. The van der Waals surface area contributed by atoms with Crippen LogP contribution in [0.4, 0.5) is 11.4 Å². The molecule has 126 valence electrons. The van der Waals surface area contributed by atoms with E-state index in [0.29, 0.717) is 22.9 Å². The second-order valence-corrected chi connectivity index (χ2v) is 5.25. The SMILES string of the molecule is COc1cc(C)ccc1OCC(=O)Nc1ccc(NC(C)=O)cc1. The van der Waals surface area contributed by atoms with Crippen LogP contribution in [0, 0.1) is 6.92 Å². The molecule has 0 unspecified atom stereocenters. The normalized spacial score (nSPS) is 9.96. The van der Waals surface area contributed by atoms with Crippen LogP contribution in [0.25, 0.3) is 0 Å². The first-order chi connectivity index (χ1) is 11.5. The van der Waals surface area contributed by atoms with E-state index in [9.17, 15) is 9.59 Å². The van der Waals surface area contributed by atoms with Crippen molar-refractivity contribution in [1.82, 2.24) is 0 Å². The van der Waals surface area contributed by atoms with E-state index in [0.717, 1.165) is 5.56 Å². The van der Waals surface area contributed by atoms with E-state index < -0.39 is 0 Å². The minimum Gasteiger partial charge on any atom is -0.493 e.